The molecule has 2 atom stereocenters. The molecule has 5 aromatic rings. The Morgan fingerprint density at radius 1 is 1.00 bits per heavy atom. The maximum absolute atomic E-state index is 13.9. The summed E-state index contributed by atoms with van der Waals surface area (Å²) in [6, 6.07) is 20.0. The first-order valence-electron chi connectivity index (χ1n) is 13.2. The van der Waals surface area contributed by atoms with E-state index >= 15 is 0 Å². The van der Waals surface area contributed by atoms with E-state index in [9.17, 15) is 13.6 Å². The third-order valence-electron chi connectivity index (χ3n) is 7.58. The fraction of sp³-hybridized carbons (Fsp3) is 0.156. The van der Waals surface area contributed by atoms with Gasteiger partial charge in [-0.05, 0) is 90.6 Å². The van der Waals surface area contributed by atoms with Crippen LogP contribution < -0.4 is 10.6 Å². The number of halogens is 3. The van der Waals surface area contributed by atoms with Gasteiger partial charge in [-0.2, -0.15) is 5.10 Å². The highest BCUT2D eigenvalue weighted by Crippen LogP contribution is 2.47. The Morgan fingerprint density at radius 2 is 1.76 bits per heavy atom. The number of rotatable bonds is 4. The number of allylic oxidation sites excluding steroid dienone is 1. The predicted molar refractivity (Wildman–Crippen MR) is 162 cm³/mol. The van der Waals surface area contributed by atoms with E-state index in [4.69, 9.17) is 14.5 Å². The molecule has 1 fully saturated rings. The monoisotopic (exact) mass is 629 g/mol. The van der Waals surface area contributed by atoms with E-state index in [1.54, 1.807) is 36.4 Å². The molecule has 2 unspecified atom stereocenters. The van der Waals surface area contributed by atoms with Gasteiger partial charge in [0.15, 0.2) is 0 Å². The lowest BCUT2D eigenvalue weighted by molar-refractivity contribution is 0.486. The number of fused-ring (bicyclic) bond motifs is 2. The fourth-order valence-corrected chi connectivity index (χ4v) is 6.87. The molecule has 41 heavy (non-hydrogen) atoms. The largest absolute Gasteiger partial charge is 0.422 e. The summed E-state index contributed by atoms with van der Waals surface area (Å²) in [7, 11) is 0. The maximum Gasteiger partial charge on any atom is 0.345 e. The number of hydrogen-bond acceptors (Lipinski definition) is 6. The molecular formula is C32H22BrF2N3O2S. The van der Waals surface area contributed by atoms with Gasteiger partial charge < -0.3 is 4.42 Å². The maximum atomic E-state index is 13.9. The Bertz CT molecular complexity index is 1900. The second-order valence-corrected chi connectivity index (χ2v) is 11.9. The van der Waals surface area contributed by atoms with E-state index in [0.717, 1.165) is 51.5 Å². The van der Waals surface area contributed by atoms with Crippen molar-refractivity contribution < 1.29 is 13.2 Å². The Balaban J connectivity index is 1.31. The van der Waals surface area contributed by atoms with Crippen LogP contribution in [-0.4, -0.2) is 10.7 Å². The topological polar surface area (TPSA) is 58.7 Å². The number of thiazole rings is 1. The van der Waals surface area contributed by atoms with Crippen LogP contribution in [0.4, 0.5) is 13.9 Å². The Hall–Kier alpha value is -3.95. The molecule has 0 amide bonds. The zero-order valence-electron chi connectivity index (χ0n) is 21.6. The van der Waals surface area contributed by atoms with E-state index in [1.165, 1.54) is 35.6 Å². The minimum Gasteiger partial charge on any atom is -0.422 e. The van der Waals surface area contributed by atoms with Gasteiger partial charge in [-0.3, -0.25) is 0 Å². The first kappa shape index (κ1) is 26.0. The molecule has 7 rings (SSSR count). The Kier molecular flexibility index (Phi) is 6.63. The van der Waals surface area contributed by atoms with Crippen LogP contribution in [0, 0.1) is 17.6 Å². The minimum absolute atomic E-state index is 0.0661. The van der Waals surface area contributed by atoms with Gasteiger partial charge in [0, 0.05) is 21.2 Å². The van der Waals surface area contributed by atoms with Crippen molar-refractivity contribution in [3.63, 3.8) is 0 Å². The van der Waals surface area contributed by atoms with Gasteiger partial charge in [0.1, 0.15) is 17.2 Å². The summed E-state index contributed by atoms with van der Waals surface area (Å²) >= 11 is 4.87. The minimum atomic E-state index is -0.460. The molecule has 2 aliphatic rings. The third kappa shape index (κ3) is 4.93. The van der Waals surface area contributed by atoms with Crippen LogP contribution in [0.2, 0.25) is 0 Å². The summed E-state index contributed by atoms with van der Waals surface area (Å²) in [4.78, 5) is 17.7. The lowest BCUT2D eigenvalue weighted by Gasteiger charge is -2.29. The number of hydrogen-bond donors (Lipinski definition) is 0. The van der Waals surface area contributed by atoms with Crippen molar-refractivity contribution in [2.75, 3.05) is 5.01 Å². The van der Waals surface area contributed by atoms with Gasteiger partial charge in [0.05, 0.1) is 23.0 Å². The van der Waals surface area contributed by atoms with Gasteiger partial charge in [-0.15, -0.1) is 11.3 Å². The van der Waals surface area contributed by atoms with Gasteiger partial charge in [-0.25, -0.2) is 23.6 Å². The fourth-order valence-electron chi connectivity index (χ4n) is 5.68. The molecule has 1 aliphatic heterocycles. The predicted octanol–water partition coefficient (Wildman–Crippen LogP) is 8.76. The lowest BCUT2D eigenvalue weighted by atomic mass is 9.77. The van der Waals surface area contributed by atoms with Crippen molar-refractivity contribution in [1.29, 1.82) is 0 Å². The number of benzene rings is 3. The zero-order valence-corrected chi connectivity index (χ0v) is 24.0. The summed E-state index contributed by atoms with van der Waals surface area (Å²) in [5, 5.41) is 10.3. The third-order valence-corrected chi connectivity index (χ3v) is 8.91. The quantitative estimate of drug-likeness (QED) is 0.186. The van der Waals surface area contributed by atoms with Crippen molar-refractivity contribution in [2.45, 2.75) is 25.3 Å². The molecule has 3 heterocycles. The zero-order chi connectivity index (χ0) is 28.1. The molecule has 1 aliphatic carbocycles. The van der Waals surface area contributed by atoms with Crippen LogP contribution in [0.25, 0.3) is 28.3 Å². The summed E-state index contributed by atoms with van der Waals surface area (Å²) in [5.41, 5.74) is 4.83. The van der Waals surface area contributed by atoms with Crippen molar-refractivity contribution in [3.05, 3.63) is 121 Å². The lowest BCUT2D eigenvalue weighted by Crippen LogP contribution is -2.28. The van der Waals surface area contributed by atoms with Crippen LogP contribution in [0.5, 0.6) is 0 Å². The number of anilines is 1. The average molecular weight is 631 g/mol. The van der Waals surface area contributed by atoms with Crippen molar-refractivity contribution in [3.8, 4) is 11.3 Å². The van der Waals surface area contributed by atoms with Crippen LogP contribution in [-0.2, 0) is 0 Å². The van der Waals surface area contributed by atoms with Crippen molar-refractivity contribution in [1.82, 2.24) is 4.98 Å². The molecule has 0 spiro atoms. The highest BCUT2D eigenvalue weighted by atomic mass is 79.9. The highest BCUT2D eigenvalue weighted by molar-refractivity contribution is 9.10. The SMILES string of the molecule is O=c1oc2ccc(Br)cc2cc1-c1csc(N2N=C3C(=Cc4ccc(F)cc4)CCCC3C2c2ccc(F)cc2)n1. The van der Waals surface area contributed by atoms with Crippen molar-refractivity contribution in [2.24, 2.45) is 11.0 Å². The first-order valence-corrected chi connectivity index (χ1v) is 14.9. The van der Waals surface area contributed by atoms with E-state index in [2.05, 4.69) is 22.0 Å². The molecule has 2 aromatic heterocycles. The standard InChI is InChI=1S/C32H22BrF2N3O2S/c33-22-8-13-28-21(15-22)16-26(31(39)40-28)27-17-41-32(36-27)38-30(19-6-11-24(35)12-7-19)25-3-1-2-20(29(25)37-38)14-18-4-9-23(34)10-5-18/h4-17,25,30H,1-3H2. The van der Waals surface area contributed by atoms with Gasteiger partial charge in [0.2, 0.25) is 5.13 Å². The van der Waals surface area contributed by atoms with Crippen molar-refractivity contribution >= 4 is 55.2 Å². The smallest absolute Gasteiger partial charge is 0.345 e. The van der Waals surface area contributed by atoms with Crippen LogP contribution >= 0.6 is 27.3 Å². The highest BCUT2D eigenvalue weighted by Gasteiger charge is 2.43. The van der Waals surface area contributed by atoms with Crippen LogP contribution in [0.3, 0.4) is 0 Å². The second-order valence-electron chi connectivity index (χ2n) is 10.2. The first-order chi connectivity index (χ1) is 19.9. The molecule has 9 heteroatoms. The van der Waals surface area contributed by atoms with Crippen LogP contribution in [0.15, 0.2) is 103 Å². The summed E-state index contributed by atoms with van der Waals surface area (Å²) in [6.07, 6.45) is 4.81. The summed E-state index contributed by atoms with van der Waals surface area (Å²) < 4.78 is 33.9. The van der Waals surface area contributed by atoms with E-state index in [-0.39, 0.29) is 23.6 Å². The van der Waals surface area contributed by atoms with Gasteiger partial charge in [-0.1, -0.05) is 40.2 Å². The number of nitrogens with zero attached hydrogens (tertiary/aromatic N) is 3. The normalized spacial score (nSPS) is 19.5. The van der Waals surface area contributed by atoms with E-state index in [0.29, 0.717) is 22.0 Å². The van der Waals surface area contributed by atoms with Crippen LogP contribution in [0.1, 0.15) is 36.4 Å². The average Bonchev–Trinajstić information content (AvgIpc) is 3.61. The van der Waals surface area contributed by atoms with Gasteiger partial charge >= 0.3 is 5.63 Å². The molecular weight excluding hydrogens is 608 g/mol. The second kappa shape index (κ2) is 10.5. The Morgan fingerprint density at radius 3 is 2.54 bits per heavy atom. The molecule has 5 nitrogen and oxygen atoms in total. The Labute approximate surface area is 246 Å². The summed E-state index contributed by atoms with van der Waals surface area (Å²) in [5.74, 6) is -0.510. The molecule has 0 N–H and O–H groups in total. The molecule has 1 saturated carbocycles. The van der Waals surface area contributed by atoms with E-state index in [1.807, 2.05) is 22.5 Å². The molecule has 0 bridgehead atoms. The molecule has 0 saturated heterocycles. The number of hydrazone groups is 1. The summed E-state index contributed by atoms with van der Waals surface area (Å²) in [6.45, 7) is 0. The number of aromatic nitrogens is 1. The molecule has 0 radical (unpaired) electrons. The molecule has 3 aromatic carbocycles. The van der Waals surface area contributed by atoms with Gasteiger partial charge in [0.25, 0.3) is 0 Å². The van der Waals surface area contributed by atoms with E-state index < -0.39 is 5.63 Å². The molecule has 204 valence electrons.